The van der Waals surface area contributed by atoms with Gasteiger partial charge in [0, 0.05) is 43.9 Å². The number of aromatic nitrogens is 1. The van der Waals surface area contributed by atoms with Crippen molar-refractivity contribution in [1.29, 1.82) is 5.26 Å². The van der Waals surface area contributed by atoms with Gasteiger partial charge in [0.05, 0.1) is 17.9 Å². The van der Waals surface area contributed by atoms with E-state index in [0.29, 0.717) is 47.4 Å². The molecule has 3 N–H and O–H groups in total. The molecule has 2 heterocycles. The van der Waals surface area contributed by atoms with Crippen LogP contribution in [0, 0.1) is 11.3 Å². The van der Waals surface area contributed by atoms with E-state index in [1.54, 1.807) is 24.3 Å². The van der Waals surface area contributed by atoms with Crippen molar-refractivity contribution in [3.8, 4) is 11.8 Å². The number of nitrogens with one attached hydrogen (secondary N) is 3. The van der Waals surface area contributed by atoms with Gasteiger partial charge in [-0.15, -0.1) is 0 Å². The van der Waals surface area contributed by atoms with E-state index < -0.39 is 6.03 Å². The molecule has 1 aliphatic heterocycles. The average molecular weight is 472 g/mol. The first kappa shape index (κ1) is 24.1. The first-order valence-corrected chi connectivity index (χ1v) is 10.9. The molecule has 1 aliphatic rings. The molecule has 3 rings (SSSR count). The Morgan fingerprint density at radius 1 is 1.18 bits per heavy atom. The van der Waals surface area contributed by atoms with E-state index in [0.717, 1.165) is 26.2 Å². The van der Waals surface area contributed by atoms with Gasteiger partial charge in [0.2, 0.25) is 0 Å². The maximum absolute atomic E-state index is 12.3. The van der Waals surface area contributed by atoms with Crippen LogP contribution in [0.5, 0.6) is 5.75 Å². The Morgan fingerprint density at radius 3 is 2.67 bits per heavy atom. The molecular formula is C22H26ClN7O3. The van der Waals surface area contributed by atoms with E-state index in [1.165, 1.54) is 12.3 Å². The van der Waals surface area contributed by atoms with E-state index in [1.807, 2.05) is 18.0 Å². The van der Waals surface area contributed by atoms with Gasteiger partial charge in [-0.1, -0.05) is 11.6 Å². The lowest BCUT2D eigenvalue weighted by atomic mass is 10.3. The number of hydrogen-bond donors (Lipinski definition) is 3. The fraction of sp³-hybridized carbons (Fsp3) is 0.364. The summed E-state index contributed by atoms with van der Waals surface area (Å²) in [7, 11) is 2.04. The van der Waals surface area contributed by atoms with Crippen molar-refractivity contribution in [2.75, 3.05) is 57.0 Å². The third-order valence-corrected chi connectivity index (χ3v) is 5.20. The van der Waals surface area contributed by atoms with E-state index in [2.05, 4.69) is 25.8 Å². The number of pyridine rings is 1. The van der Waals surface area contributed by atoms with Crippen LogP contribution in [0.1, 0.15) is 12.0 Å². The number of hydrogen-bond acceptors (Lipinski definition) is 6. The molecule has 1 aromatic carbocycles. The number of piperazine rings is 1. The number of rotatable bonds is 7. The highest BCUT2D eigenvalue weighted by Gasteiger charge is 2.18. The highest BCUT2D eigenvalue weighted by Crippen LogP contribution is 2.28. The molecule has 0 saturated carbocycles. The number of ether oxygens (including phenoxy) is 1. The van der Waals surface area contributed by atoms with Crippen molar-refractivity contribution >= 4 is 35.2 Å². The minimum absolute atomic E-state index is 0.0648. The summed E-state index contributed by atoms with van der Waals surface area (Å²) in [6, 6.07) is 9.37. The van der Waals surface area contributed by atoms with Crippen molar-refractivity contribution < 1.29 is 14.3 Å². The molecule has 0 unspecified atom stereocenters. The van der Waals surface area contributed by atoms with Crippen molar-refractivity contribution in [2.45, 2.75) is 6.42 Å². The SMILES string of the molecule is CN1CCN(C(=O)NCCCOc2ccc(Cl)cc2NC(=O)Nc2ccc(C#N)cn2)CC1. The number of likely N-dealkylation sites (N-methyl/N-ethyl adjacent to an activating group) is 1. The van der Waals surface area contributed by atoms with Crippen LogP contribution in [0.2, 0.25) is 5.02 Å². The number of amides is 4. The smallest absolute Gasteiger partial charge is 0.324 e. The average Bonchev–Trinajstić information content (AvgIpc) is 2.81. The number of halogens is 1. The molecule has 1 aromatic heterocycles. The van der Waals surface area contributed by atoms with Gasteiger partial charge in [-0.25, -0.2) is 14.6 Å². The maximum atomic E-state index is 12.3. The lowest BCUT2D eigenvalue weighted by Crippen LogP contribution is -2.50. The van der Waals surface area contributed by atoms with Crippen LogP contribution in [0.4, 0.5) is 21.1 Å². The Morgan fingerprint density at radius 2 is 1.97 bits per heavy atom. The summed E-state index contributed by atoms with van der Waals surface area (Å²) in [5, 5.41) is 17.4. The summed E-state index contributed by atoms with van der Waals surface area (Å²) >= 11 is 6.07. The third kappa shape index (κ3) is 7.52. The molecule has 0 radical (unpaired) electrons. The van der Waals surface area contributed by atoms with E-state index in [4.69, 9.17) is 21.6 Å². The standard InChI is InChI=1S/C22H26ClN7O3/c1-29-8-10-30(11-9-29)22(32)25-7-2-12-33-19-5-4-17(23)13-18(19)27-21(31)28-20-6-3-16(14-24)15-26-20/h3-6,13,15H,2,7-12H2,1H3,(H,25,32)(H2,26,27,28,31). The summed E-state index contributed by atoms with van der Waals surface area (Å²) in [4.78, 5) is 32.5. The van der Waals surface area contributed by atoms with Gasteiger partial charge in [0.1, 0.15) is 17.6 Å². The molecule has 1 saturated heterocycles. The van der Waals surface area contributed by atoms with Crippen LogP contribution in [-0.4, -0.2) is 73.2 Å². The monoisotopic (exact) mass is 471 g/mol. The largest absolute Gasteiger partial charge is 0.491 e. The second-order valence-corrected chi connectivity index (χ2v) is 7.92. The van der Waals surface area contributed by atoms with Crippen LogP contribution < -0.4 is 20.7 Å². The topological polar surface area (TPSA) is 123 Å². The predicted molar refractivity (Wildman–Crippen MR) is 126 cm³/mol. The zero-order valence-electron chi connectivity index (χ0n) is 18.3. The predicted octanol–water partition coefficient (Wildman–Crippen LogP) is 2.98. The van der Waals surface area contributed by atoms with Crippen molar-refractivity contribution in [3.63, 3.8) is 0 Å². The Kier molecular flexibility index (Phi) is 8.69. The van der Waals surface area contributed by atoms with Gasteiger partial charge in [-0.2, -0.15) is 5.26 Å². The molecule has 1 fully saturated rings. The minimum atomic E-state index is -0.529. The van der Waals surface area contributed by atoms with Crippen LogP contribution in [0.15, 0.2) is 36.5 Å². The minimum Gasteiger partial charge on any atom is -0.491 e. The summed E-state index contributed by atoms with van der Waals surface area (Å²) in [6.45, 7) is 4.01. The van der Waals surface area contributed by atoms with Crippen molar-refractivity contribution in [2.24, 2.45) is 0 Å². The molecule has 2 aromatic rings. The van der Waals surface area contributed by atoms with Gasteiger partial charge in [0.15, 0.2) is 0 Å². The van der Waals surface area contributed by atoms with E-state index in [9.17, 15) is 9.59 Å². The molecule has 11 heteroatoms. The molecule has 4 amide bonds. The van der Waals surface area contributed by atoms with Crippen LogP contribution in [0.3, 0.4) is 0 Å². The normalized spacial score (nSPS) is 13.7. The molecule has 0 aliphatic carbocycles. The fourth-order valence-electron chi connectivity index (χ4n) is 3.10. The number of nitrogens with zero attached hydrogens (tertiary/aromatic N) is 4. The van der Waals surface area contributed by atoms with Crippen molar-refractivity contribution in [1.82, 2.24) is 20.1 Å². The number of carbonyl (C=O) groups is 2. The van der Waals surface area contributed by atoms with Crippen LogP contribution in [0.25, 0.3) is 0 Å². The quantitative estimate of drug-likeness (QED) is 0.533. The Labute approximate surface area is 197 Å². The van der Waals surface area contributed by atoms with E-state index in [-0.39, 0.29) is 6.03 Å². The summed E-state index contributed by atoms with van der Waals surface area (Å²) < 4.78 is 5.79. The van der Waals surface area contributed by atoms with Crippen LogP contribution in [-0.2, 0) is 0 Å². The fourth-order valence-corrected chi connectivity index (χ4v) is 3.27. The van der Waals surface area contributed by atoms with Gasteiger partial charge < -0.3 is 25.2 Å². The Bertz CT molecular complexity index is 1000. The molecule has 10 nitrogen and oxygen atoms in total. The molecule has 0 bridgehead atoms. The third-order valence-electron chi connectivity index (χ3n) is 4.97. The summed E-state index contributed by atoms with van der Waals surface area (Å²) in [5.74, 6) is 0.750. The molecule has 0 spiro atoms. The van der Waals surface area contributed by atoms with Crippen molar-refractivity contribution in [3.05, 3.63) is 47.1 Å². The Balaban J connectivity index is 1.45. The Hall–Kier alpha value is -3.55. The molecule has 0 atom stereocenters. The first-order valence-electron chi connectivity index (χ1n) is 10.5. The summed E-state index contributed by atoms with van der Waals surface area (Å²) in [6.07, 6.45) is 1.97. The second kappa shape index (κ2) is 11.9. The lowest BCUT2D eigenvalue weighted by Gasteiger charge is -2.32. The number of urea groups is 2. The van der Waals surface area contributed by atoms with Gasteiger partial charge in [-0.05, 0) is 43.8 Å². The summed E-state index contributed by atoms with van der Waals surface area (Å²) in [5.41, 5.74) is 0.793. The van der Waals surface area contributed by atoms with E-state index >= 15 is 0 Å². The molecule has 174 valence electrons. The second-order valence-electron chi connectivity index (χ2n) is 7.49. The van der Waals surface area contributed by atoms with Gasteiger partial charge >= 0.3 is 12.1 Å². The molecule has 33 heavy (non-hydrogen) atoms. The number of nitriles is 1. The first-order chi connectivity index (χ1) is 15.9. The van der Waals surface area contributed by atoms with Gasteiger partial charge in [-0.3, -0.25) is 5.32 Å². The zero-order valence-corrected chi connectivity index (χ0v) is 19.1. The van der Waals surface area contributed by atoms with Gasteiger partial charge in [0.25, 0.3) is 0 Å². The molecular weight excluding hydrogens is 446 g/mol. The highest BCUT2D eigenvalue weighted by atomic mass is 35.5. The van der Waals surface area contributed by atoms with Crippen LogP contribution >= 0.6 is 11.6 Å². The lowest BCUT2D eigenvalue weighted by molar-refractivity contribution is 0.154. The zero-order chi connectivity index (χ0) is 23.6. The number of anilines is 2. The maximum Gasteiger partial charge on any atom is 0.324 e. The number of carbonyl (C=O) groups excluding carboxylic acids is 2. The number of benzene rings is 1. The highest BCUT2D eigenvalue weighted by molar-refractivity contribution is 6.31.